The van der Waals surface area contributed by atoms with Crippen LogP contribution >= 0.6 is 15.5 Å². The maximum atomic E-state index is 10.5. The molecular weight excluding hydrogens is 222 g/mol. The van der Waals surface area contributed by atoms with Crippen molar-refractivity contribution in [3.63, 3.8) is 0 Å². The molecule has 1 rings (SSSR count). The molecule has 0 saturated carbocycles. The maximum absolute atomic E-state index is 10.5. The van der Waals surface area contributed by atoms with Gasteiger partial charge in [-0.15, -0.1) is 4.34 Å². The van der Waals surface area contributed by atoms with E-state index in [1.165, 1.54) is 0 Å². The van der Waals surface area contributed by atoms with Crippen LogP contribution in [0.3, 0.4) is 0 Å². The first-order chi connectivity index (χ1) is 5.71. The van der Waals surface area contributed by atoms with Crippen molar-refractivity contribution in [2.24, 2.45) is 0 Å². The summed E-state index contributed by atoms with van der Waals surface area (Å²) >= 11 is 0. The molecule has 0 aliphatic heterocycles. The van der Waals surface area contributed by atoms with E-state index in [-0.39, 0.29) is 0 Å². The van der Waals surface area contributed by atoms with Gasteiger partial charge in [0.1, 0.15) is 12.4 Å². The smallest absolute Gasteiger partial charge is 0.522 e. The van der Waals surface area contributed by atoms with E-state index >= 15 is 0 Å². The first-order valence-electron chi connectivity index (χ1n) is 2.91. The molecule has 0 aromatic carbocycles. The van der Waals surface area contributed by atoms with Crippen LogP contribution in [0.15, 0.2) is 18.7 Å². The summed E-state index contributed by atoms with van der Waals surface area (Å²) in [5.41, 5.74) is 0. The molecule has 0 spiro atoms. The van der Waals surface area contributed by atoms with Crippen LogP contribution in [0.25, 0.3) is 0 Å². The summed E-state index contributed by atoms with van der Waals surface area (Å²) in [6.45, 7) is 0. The van der Waals surface area contributed by atoms with E-state index in [0.717, 1.165) is 12.4 Å². The lowest BCUT2D eigenvalue weighted by Gasteiger charge is -2.08. The second-order valence-electron chi connectivity index (χ2n) is 2.18. The van der Waals surface area contributed by atoms with Crippen molar-refractivity contribution in [2.75, 3.05) is 0 Å². The Hall–Kier alpha value is -0.490. The Morgan fingerprint density at radius 1 is 1.31 bits per heavy atom. The van der Waals surface area contributed by atoms with Crippen molar-refractivity contribution in [2.45, 2.75) is 0 Å². The van der Waals surface area contributed by atoms with Gasteiger partial charge >= 0.3 is 15.5 Å². The van der Waals surface area contributed by atoms with Crippen LogP contribution < -0.4 is 9.23 Å². The molecule has 1 heterocycles. The minimum absolute atomic E-state index is 0.298. The Kier molecular flexibility index (Phi) is 2.46. The van der Waals surface area contributed by atoms with E-state index < -0.39 is 15.5 Å². The number of hydrogen-bond acceptors (Lipinski definition) is 3. The summed E-state index contributed by atoms with van der Waals surface area (Å²) in [6.07, 6.45) is 2.23. The average Bonchev–Trinajstić information content (AvgIpc) is 2.28. The fourth-order valence-corrected chi connectivity index (χ4v) is 1.67. The van der Waals surface area contributed by atoms with E-state index in [1.54, 1.807) is 0 Å². The molecule has 0 radical (unpaired) electrons. The summed E-state index contributed by atoms with van der Waals surface area (Å²) in [5.74, 6) is 0. The van der Waals surface area contributed by atoms with E-state index in [4.69, 9.17) is 14.7 Å². The van der Waals surface area contributed by atoms with Gasteiger partial charge in [0, 0.05) is 0 Å². The lowest BCUT2D eigenvalue weighted by atomic mass is 11.0. The molecule has 10 heteroatoms. The van der Waals surface area contributed by atoms with Crippen LogP contribution in [0, 0.1) is 0 Å². The second-order valence-corrected chi connectivity index (χ2v) is 5.11. The summed E-state index contributed by atoms with van der Waals surface area (Å²) < 4.78 is 21.7. The zero-order valence-electron chi connectivity index (χ0n) is 6.09. The van der Waals surface area contributed by atoms with Gasteiger partial charge in [0.05, 0.1) is 0 Å². The topological polar surface area (TPSA) is 127 Å². The molecule has 1 unspecified atom stereocenters. The summed E-state index contributed by atoms with van der Waals surface area (Å²) in [6, 6.07) is 0. The average molecular weight is 228 g/mol. The third-order valence-electron chi connectivity index (χ3n) is 1.20. The minimum atomic E-state index is -4.76. The van der Waals surface area contributed by atoms with Crippen molar-refractivity contribution in [3.05, 3.63) is 18.7 Å². The molecule has 8 nitrogen and oxygen atoms in total. The number of aromatic nitrogens is 2. The molecule has 74 valence electrons. The molecule has 1 aromatic heterocycles. The Balaban J connectivity index is 3.16. The second kappa shape index (κ2) is 3.02. The molecule has 3 N–H and O–H groups in total. The van der Waals surface area contributed by atoms with Gasteiger partial charge in [-0.1, -0.05) is 0 Å². The number of hydrogen-bond donors (Lipinski definition) is 3. The van der Waals surface area contributed by atoms with Gasteiger partial charge in [-0.2, -0.15) is 4.34 Å². The first-order valence-corrected chi connectivity index (χ1v) is 6.01. The normalized spacial score (nSPS) is 16.9. The van der Waals surface area contributed by atoms with E-state index in [1.807, 2.05) is 0 Å². The van der Waals surface area contributed by atoms with Crippen molar-refractivity contribution in [1.29, 1.82) is 0 Å². The highest BCUT2D eigenvalue weighted by molar-refractivity contribution is 7.48. The van der Waals surface area contributed by atoms with Crippen LogP contribution in [0.1, 0.15) is 0 Å². The quantitative estimate of drug-likeness (QED) is 0.503. The maximum Gasteiger partial charge on any atom is 0.522 e. The monoisotopic (exact) mass is 228 g/mol. The van der Waals surface area contributed by atoms with Crippen molar-refractivity contribution < 1.29 is 33.0 Å². The predicted octanol–water partition coefficient (Wildman–Crippen LogP) is -1.97. The Labute approximate surface area is 72.5 Å². The molecule has 0 fully saturated rings. The number of imidazole rings is 1. The highest BCUT2D eigenvalue weighted by Gasteiger charge is 2.25. The third kappa shape index (κ3) is 2.47. The SMILES string of the molecule is O=P([O-])(O)n1cc[n+](P(=O)(O)O)c1. The number of nitrogens with zero attached hydrogens (tertiary/aromatic N) is 2. The number of rotatable bonds is 2. The van der Waals surface area contributed by atoms with Gasteiger partial charge in [-0.25, -0.2) is 4.57 Å². The van der Waals surface area contributed by atoms with Gasteiger partial charge in [-0.3, -0.25) is 14.4 Å². The van der Waals surface area contributed by atoms with E-state index in [9.17, 15) is 14.0 Å². The van der Waals surface area contributed by atoms with E-state index in [2.05, 4.69) is 0 Å². The zero-order chi connectivity index (χ0) is 10.3. The predicted molar refractivity (Wildman–Crippen MR) is 37.3 cm³/mol. The highest BCUT2D eigenvalue weighted by Crippen LogP contribution is 2.33. The first kappa shape index (κ1) is 10.6. The Bertz CT molecular complexity index is 363. The Morgan fingerprint density at radius 3 is 2.08 bits per heavy atom. The van der Waals surface area contributed by atoms with Crippen LogP contribution in [0.4, 0.5) is 0 Å². The summed E-state index contributed by atoms with van der Waals surface area (Å²) in [5, 5.41) is 0. The van der Waals surface area contributed by atoms with Gasteiger partial charge in [-0.05, 0) is 0 Å². The van der Waals surface area contributed by atoms with Crippen LogP contribution in [0.5, 0.6) is 0 Å². The van der Waals surface area contributed by atoms with Crippen LogP contribution in [-0.4, -0.2) is 19.0 Å². The molecule has 1 atom stereocenters. The van der Waals surface area contributed by atoms with E-state index in [0.29, 0.717) is 15.0 Å². The summed E-state index contributed by atoms with van der Waals surface area (Å²) in [4.78, 5) is 36.0. The van der Waals surface area contributed by atoms with Crippen LogP contribution in [-0.2, 0) is 9.13 Å². The molecule has 0 saturated heterocycles. The largest absolute Gasteiger partial charge is 0.742 e. The third-order valence-corrected chi connectivity index (χ3v) is 2.86. The standard InChI is InChI=1S/C3H6N2O6P2/c6-12(7,8)4-1-2-5(3-4)13(9,10)11/h1-3H,(H3-,6,7,8,9,10,11). The molecule has 1 aromatic rings. The molecule has 0 aliphatic rings. The molecule has 0 bridgehead atoms. The summed E-state index contributed by atoms with van der Waals surface area (Å²) in [7, 11) is -9.31. The molecular formula is C3H6N2O6P2. The fourth-order valence-electron chi connectivity index (χ4n) is 0.638. The van der Waals surface area contributed by atoms with Crippen molar-refractivity contribution in [1.82, 2.24) is 4.34 Å². The lowest BCUT2D eigenvalue weighted by molar-refractivity contribution is -0.537. The lowest BCUT2D eigenvalue weighted by Crippen LogP contribution is -2.27. The molecule has 0 aliphatic carbocycles. The fraction of sp³-hybridized carbons (Fsp3) is 0. The Morgan fingerprint density at radius 2 is 1.85 bits per heavy atom. The van der Waals surface area contributed by atoms with Gasteiger partial charge < -0.3 is 9.79 Å². The molecule has 0 amide bonds. The van der Waals surface area contributed by atoms with Crippen LogP contribution in [0.2, 0.25) is 0 Å². The molecule has 13 heavy (non-hydrogen) atoms. The van der Waals surface area contributed by atoms with Gasteiger partial charge in [0.25, 0.3) is 6.33 Å². The van der Waals surface area contributed by atoms with Crippen molar-refractivity contribution in [3.8, 4) is 0 Å². The van der Waals surface area contributed by atoms with Gasteiger partial charge in [0.15, 0.2) is 0 Å². The van der Waals surface area contributed by atoms with Gasteiger partial charge in [0.2, 0.25) is 0 Å². The van der Waals surface area contributed by atoms with Crippen molar-refractivity contribution >= 4 is 15.5 Å². The zero-order valence-corrected chi connectivity index (χ0v) is 7.88. The highest BCUT2D eigenvalue weighted by atomic mass is 31.2. The minimum Gasteiger partial charge on any atom is -0.742 e.